The summed E-state index contributed by atoms with van der Waals surface area (Å²) in [6.45, 7) is 0. The van der Waals surface area contributed by atoms with Gasteiger partial charge in [-0.3, -0.25) is 9.11 Å². The molecule has 0 aromatic carbocycles. The van der Waals surface area contributed by atoms with Crippen LogP contribution >= 0.6 is 10.8 Å². The average molecular weight is 164 g/mol. The van der Waals surface area contributed by atoms with Crippen LogP contribution in [0.1, 0.15) is 0 Å². The number of aromatic nitrogens is 3. The van der Waals surface area contributed by atoms with Crippen molar-refractivity contribution in [3.63, 3.8) is 0 Å². The van der Waals surface area contributed by atoms with E-state index in [0.717, 1.165) is 0 Å². The van der Waals surface area contributed by atoms with Gasteiger partial charge >= 0.3 is 0 Å². The van der Waals surface area contributed by atoms with Crippen molar-refractivity contribution in [2.75, 3.05) is 7.05 Å². The lowest BCUT2D eigenvalue weighted by Crippen LogP contribution is -2.15. The van der Waals surface area contributed by atoms with Crippen LogP contribution in [0.25, 0.3) is 0 Å². The van der Waals surface area contributed by atoms with E-state index in [9.17, 15) is 0 Å². The van der Waals surface area contributed by atoms with Gasteiger partial charge in [-0.2, -0.15) is 10.1 Å². The zero-order valence-corrected chi connectivity index (χ0v) is 6.09. The molecule has 0 fully saturated rings. The summed E-state index contributed by atoms with van der Waals surface area (Å²) < 4.78 is 20.5. The highest BCUT2D eigenvalue weighted by atomic mass is 32.3. The van der Waals surface area contributed by atoms with Crippen molar-refractivity contribution in [2.45, 2.75) is 5.16 Å². The Morgan fingerprint density at radius 1 is 1.70 bits per heavy atom. The Hall–Kier alpha value is -0.630. The summed E-state index contributed by atoms with van der Waals surface area (Å²) in [7, 11) is -1.51. The third-order valence-corrected chi connectivity index (χ3v) is 2.25. The van der Waals surface area contributed by atoms with Gasteiger partial charge in [-0.1, -0.05) is 10.8 Å². The Labute approximate surface area is 59.2 Å². The van der Waals surface area contributed by atoms with E-state index >= 15 is 0 Å². The van der Waals surface area contributed by atoms with E-state index in [0.29, 0.717) is 0 Å². The molecule has 0 atom stereocenters. The third kappa shape index (κ3) is 1.27. The number of hydrogen-bond donors (Lipinski definition) is 4. The van der Waals surface area contributed by atoms with Crippen molar-refractivity contribution < 1.29 is 9.11 Å². The second-order valence-corrected chi connectivity index (χ2v) is 3.44. The van der Waals surface area contributed by atoms with Gasteiger partial charge in [-0.05, 0) is 0 Å². The minimum Gasteiger partial charge on any atom is -0.279 e. The van der Waals surface area contributed by atoms with E-state index in [1.54, 1.807) is 0 Å². The Morgan fingerprint density at radius 3 is 2.80 bits per heavy atom. The van der Waals surface area contributed by atoms with Crippen LogP contribution < -0.4 is 4.72 Å². The first-order valence-electron chi connectivity index (χ1n) is 2.49. The van der Waals surface area contributed by atoms with Gasteiger partial charge in [0.2, 0.25) is 0 Å². The highest BCUT2D eigenvalue weighted by Crippen LogP contribution is 2.39. The van der Waals surface area contributed by atoms with Crippen molar-refractivity contribution in [1.82, 2.24) is 19.9 Å². The molecule has 10 heavy (non-hydrogen) atoms. The lowest BCUT2D eigenvalue weighted by molar-refractivity contribution is 0.467. The minimum atomic E-state index is -2.93. The predicted octanol–water partition coefficient (Wildman–Crippen LogP) is 0.0486. The standard InChI is InChI=1S/C3H8N4O2S/c1-4-10(8,9)3-5-2-6-7-3/h2,4,8-9H,1H3,(H,5,6,7). The van der Waals surface area contributed by atoms with Crippen molar-refractivity contribution >= 4 is 10.8 Å². The molecule has 58 valence electrons. The predicted molar refractivity (Wildman–Crippen MR) is 36.6 cm³/mol. The summed E-state index contributed by atoms with van der Waals surface area (Å²) in [4.78, 5) is 3.57. The third-order valence-electron chi connectivity index (χ3n) is 0.947. The molecule has 6 nitrogen and oxygen atoms in total. The average Bonchev–Trinajstić information content (AvgIpc) is 2.38. The van der Waals surface area contributed by atoms with Crippen molar-refractivity contribution in [3.8, 4) is 0 Å². The number of H-pyrrole nitrogens is 1. The zero-order chi connectivity index (χ0) is 7.61. The molecule has 1 aromatic rings. The van der Waals surface area contributed by atoms with Gasteiger partial charge in [0.15, 0.2) is 0 Å². The number of hydrogen-bond acceptors (Lipinski definition) is 5. The van der Waals surface area contributed by atoms with E-state index in [2.05, 4.69) is 19.9 Å². The van der Waals surface area contributed by atoms with E-state index in [4.69, 9.17) is 9.11 Å². The maximum atomic E-state index is 9.08. The fourth-order valence-electron chi connectivity index (χ4n) is 0.428. The van der Waals surface area contributed by atoms with Crippen LogP contribution in [0.15, 0.2) is 11.5 Å². The summed E-state index contributed by atoms with van der Waals surface area (Å²) in [5.41, 5.74) is 0. The highest BCUT2D eigenvalue weighted by molar-refractivity contribution is 8.22. The van der Waals surface area contributed by atoms with Gasteiger partial charge < -0.3 is 0 Å². The molecule has 1 rings (SSSR count). The smallest absolute Gasteiger partial charge is 0.252 e. The molecule has 0 bridgehead atoms. The van der Waals surface area contributed by atoms with Gasteiger partial charge in [0.25, 0.3) is 5.16 Å². The summed E-state index contributed by atoms with van der Waals surface area (Å²) in [5, 5.41) is 5.85. The first-order valence-corrected chi connectivity index (χ1v) is 4.03. The summed E-state index contributed by atoms with van der Waals surface area (Å²) in [6, 6.07) is 0. The first kappa shape index (κ1) is 7.48. The first-order chi connectivity index (χ1) is 4.67. The summed E-state index contributed by atoms with van der Waals surface area (Å²) in [5.74, 6) is 0. The molecule has 4 N–H and O–H groups in total. The fourth-order valence-corrected chi connectivity index (χ4v) is 0.996. The second-order valence-electron chi connectivity index (χ2n) is 1.54. The number of aromatic amines is 1. The maximum absolute atomic E-state index is 9.08. The van der Waals surface area contributed by atoms with Gasteiger partial charge in [0.1, 0.15) is 6.33 Å². The highest BCUT2D eigenvalue weighted by Gasteiger charge is 2.14. The van der Waals surface area contributed by atoms with Crippen molar-refractivity contribution in [2.24, 2.45) is 0 Å². The largest absolute Gasteiger partial charge is 0.279 e. The molecule has 0 spiro atoms. The van der Waals surface area contributed by atoms with E-state index in [-0.39, 0.29) is 5.16 Å². The Balaban J connectivity index is 2.85. The van der Waals surface area contributed by atoms with Crippen molar-refractivity contribution in [1.29, 1.82) is 0 Å². The maximum Gasteiger partial charge on any atom is 0.252 e. The Kier molecular flexibility index (Phi) is 1.90. The van der Waals surface area contributed by atoms with Gasteiger partial charge in [-0.15, -0.1) is 0 Å². The van der Waals surface area contributed by atoms with E-state index < -0.39 is 10.8 Å². The van der Waals surface area contributed by atoms with Gasteiger partial charge in [0.05, 0.1) is 0 Å². The molecule has 0 amide bonds. The quantitative estimate of drug-likeness (QED) is 0.495. The normalized spacial score (nSPS) is 13.5. The van der Waals surface area contributed by atoms with Gasteiger partial charge in [-0.25, -0.2) is 9.82 Å². The van der Waals surface area contributed by atoms with Crippen LogP contribution in [0, 0.1) is 0 Å². The zero-order valence-electron chi connectivity index (χ0n) is 5.27. The van der Waals surface area contributed by atoms with Gasteiger partial charge in [0, 0.05) is 7.05 Å². The lowest BCUT2D eigenvalue weighted by Gasteiger charge is -2.26. The van der Waals surface area contributed by atoms with E-state index in [1.807, 2.05) is 0 Å². The Morgan fingerprint density at radius 2 is 2.40 bits per heavy atom. The molecule has 1 aromatic heterocycles. The number of rotatable bonds is 2. The van der Waals surface area contributed by atoms with E-state index in [1.165, 1.54) is 13.4 Å². The van der Waals surface area contributed by atoms with Crippen LogP contribution in [0.5, 0.6) is 0 Å². The van der Waals surface area contributed by atoms with Crippen LogP contribution in [0.3, 0.4) is 0 Å². The van der Waals surface area contributed by atoms with Crippen molar-refractivity contribution in [3.05, 3.63) is 6.33 Å². The molecule has 0 saturated carbocycles. The second kappa shape index (κ2) is 2.54. The molecular weight excluding hydrogens is 156 g/mol. The summed E-state index contributed by atoms with van der Waals surface area (Å²) >= 11 is 0. The van der Waals surface area contributed by atoms with Crippen LogP contribution in [0.4, 0.5) is 0 Å². The monoisotopic (exact) mass is 164 g/mol. The topological polar surface area (TPSA) is 94.1 Å². The molecule has 0 aliphatic rings. The molecule has 1 heterocycles. The minimum absolute atomic E-state index is 0.0509. The molecule has 7 heteroatoms. The summed E-state index contributed by atoms with van der Waals surface area (Å²) in [6.07, 6.45) is 1.21. The molecular formula is C3H8N4O2S. The molecule has 0 aliphatic carbocycles. The molecule has 0 saturated heterocycles. The van der Waals surface area contributed by atoms with Crippen LogP contribution in [0.2, 0.25) is 0 Å². The lowest BCUT2D eigenvalue weighted by atomic mass is 11.3. The van der Waals surface area contributed by atoms with Crippen LogP contribution in [-0.4, -0.2) is 31.3 Å². The molecule has 0 aliphatic heterocycles. The SMILES string of the molecule is CNS(O)(O)c1ncn[nH]1. The number of nitrogens with zero attached hydrogens (tertiary/aromatic N) is 2. The van der Waals surface area contributed by atoms with Crippen LogP contribution in [-0.2, 0) is 0 Å². The number of nitrogens with one attached hydrogen (secondary N) is 2. The molecule has 0 unspecified atom stereocenters. The Bertz CT molecular complexity index is 198. The molecule has 0 radical (unpaired) electrons. The fraction of sp³-hybridized carbons (Fsp3) is 0.333.